The number of carbonyl (C=O) groups excluding carboxylic acids is 1. The molecule has 1 aliphatic carbocycles. The molecule has 0 aliphatic heterocycles. The molecule has 0 spiro atoms. The molecule has 0 aromatic heterocycles. The minimum absolute atomic E-state index is 0.0435. The molecule has 3 rings (SSSR count). The molecule has 27 heavy (non-hydrogen) atoms. The Morgan fingerprint density at radius 1 is 1.00 bits per heavy atom. The summed E-state index contributed by atoms with van der Waals surface area (Å²) in [6.45, 7) is 0. The lowest BCUT2D eigenvalue weighted by Gasteiger charge is -2.24. The van der Waals surface area contributed by atoms with Gasteiger partial charge in [0.1, 0.15) is 23.1 Å². The van der Waals surface area contributed by atoms with Gasteiger partial charge in [0.05, 0.1) is 18.8 Å². The van der Waals surface area contributed by atoms with Crippen molar-refractivity contribution in [2.24, 2.45) is 0 Å². The van der Waals surface area contributed by atoms with Crippen LogP contribution < -0.4 is 14.8 Å². The second-order valence-corrected chi connectivity index (χ2v) is 6.41. The van der Waals surface area contributed by atoms with Crippen LogP contribution in [0.25, 0.3) is 0 Å². The molecule has 144 valence electrons. The number of ether oxygens (including phenoxy) is 2. The number of nitrogens with one attached hydrogen (secondary N) is 1. The van der Waals surface area contributed by atoms with Crippen LogP contribution in [0.2, 0.25) is 0 Å². The fourth-order valence-corrected chi connectivity index (χ4v) is 3.12. The lowest BCUT2D eigenvalue weighted by molar-refractivity contribution is 0.102. The van der Waals surface area contributed by atoms with Crippen LogP contribution in [0.15, 0.2) is 30.3 Å². The Bertz CT molecular complexity index is 815. The van der Waals surface area contributed by atoms with Crippen LogP contribution in [0.4, 0.5) is 18.9 Å². The summed E-state index contributed by atoms with van der Waals surface area (Å²) in [7, 11) is 1.37. The van der Waals surface area contributed by atoms with Crippen molar-refractivity contribution >= 4 is 11.6 Å². The lowest BCUT2D eigenvalue weighted by atomic mass is 9.98. The number of hydrogen-bond acceptors (Lipinski definition) is 3. The molecule has 7 heteroatoms. The quantitative estimate of drug-likeness (QED) is 0.788. The number of anilines is 1. The zero-order chi connectivity index (χ0) is 19.4. The van der Waals surface area contributed by atoms with Crippen LogP contribution in [0, 0.1) is 17.5 Å². The van der Waals surface area contributed by atoms with E-state index in [0.717, 1.165) is 50.3 Å². The fraction of sp³-hybridized carbons (Fsp3) is 0.350. The summed E-state index contributed by atoms with van der Waals surface area (Å²) in [5.74, 6) is -3.37. The number of carbonyl (C=O) groups is 1. The third-order valence-electron chi connectivity index (χ3n) is 4.55. The van der Waals surface area contributed by atoms with Gasteiger partial charge in [-0.2, -0.15) is 0 Å². The van der Waals surface area contributed by atoms with Crippen molar-refractivity contribution in [2.75, 3.05) is 12.4 Å². The van der Waals surface area contributed by atoms with Crippen molar-refractivity contribution in [3.63, 3.8) is 0 Å². The molecule has 1 aliphatic rings. The molecular formula is C20H20F3NO3. The fourth-order valence-electron chi connectivity index (χ4n) is 3.12. The third-order valence-corrected chi connectivity index (χ3v) is 4.55. The van der Waals surface area contributed by atoms with Crippen molar-refractivity contribution in [3.8, 4) is 11.5 Å². The van der Waals surface area contributed by atoms with E-state index in [4.69, 9.17) is 9.47 Å². The maximum atomic E-state index is 14.4. The number of methoxy groups -OCH3 is 1. The van der Waals surface area contributed by atoms with Crippen molar-refractivity contribution < 1.29 is 27.4 Å². The maximum Gasteiger partial charge on any atom is 0.258 e. The molecule has 2 aromatic carbocycles. The third kappa shape index (κ3) is 4.35. The molecule has 1 N–H and O–H groups in total. The minimum atomic E-state index is -0.979. The van der Waals surface area contributed by atoms with Gasteiger partial charge in [-0.25, -0.2) is 13.2 Å². The van der Waals surface area contributed by atoms with Gasteiger partial charge in [0.25, 0.3) is 5.91 Å². The Morgan fingerprint density at radius 2 is 1.67 bits per heavy atom. The van der Waals surface area contributed by atoms with E-state index >= 15 is 0 Å². The Labute approximate surface area is 155 Å². The average Bonchev–Trinajstić information content (AvgIpc) is 2.66. The van der Waals surface area contributed by atoms with E-state index in [1.54, 1.807) is 0 Å². The zero-order valence-corrected chi connectivity index (χ0v) is 14.9. The molecule has 0 radical (unpaired) electrons. The first-order valence-electron chi connectivity index (χ1n) is 8.79. The molecule has 0 atom stereocenters. The average molecular weight is 379 g/mol. The van der Waals surface area contributed by atoms with Gasteiger partial charge in [0.15, 0.2) is 11.5 Å². The van der Waals surface area contributed by atoms with Crippen LogP contribution in [0.5, 0.6) is 11.5 Å². The summed E-state index contributed by atoms with van der Waals surface area (Å²) in [5, 5.41) is 2.08. The molecule has 1 saturated carbocycles. The van der Waals surface area contributed by atoms with Gasteiger partial charge in [-0.15, -0.1) is 0 Å². The van der Waals surface area contributed by atoms with Gasteiger partial charge in [0.2, 0.25) is 0 Å². The Balaban J connectivity index is 1.87. The predicted octanol–water partition coefficient (Wildman–Crippen LogP) is 5.08. The molecule has 0 saturated heterocycles. The molecule has 2 aromatic rings. The van der Waals surface area contributed by atoms with Crippen molar-refractivity contribution in [2.45, 2.75) is 38.2 Å². The summed E-state index contributed by atoms with van der Waals surface area (Å²) in [6.07, 6.45) is 4.90. The highest BCUT2D eigenvalue weighted by Crippen LogP contribution is 2.34. The zero-order valence-electron chi connectivity index (χ0n) is 14.9. The van der Waals surface area contributed by atoms with Crippen molar-refractivity contribution in [1.82, 2.24) is 0 Å². The second kappa shape index (κ2) is 8.33. The van der Waals surface area contributed by atoms with Crippen LogP contribution >= 0.6 is 0 Å². The number of amides is 1. The lowest BCUT2D eigenvalue weighted by Crippen LogP contribution is -2.21. The van der Waals surface area contributed by atoms with Crippen molar-refractivity contribution in [3.05, 3.63) is 53.3 Å². The van der Waals surface area contributed by atoms with Crippen LogP contribution in [-0.2, 0) is 0 Å². The predicted molar refractivity (Wildman–Crippen MR) is 94.8 cm³/mol. The van der Waals surface area contributed by atoms with E-state index in [-0.39, 0.29) is 23.2 Å². The number of rotatable bonds is 5. The first kappa shape index (κ1) is 19.1. The molecule has 1 fully saturated rings. The molecule has 4 nitrogen and oxygen atoms in total. The van der Waals surface area contributed by atoms with Crippen LogP contribution in [0.3, 0.4) is 0 Å². The van der Waals surface area contributed by atoms with Gasteiger partial charge < -0.3 is 14.8 Å². The maximum absolute atomic E-state index is 14.4. The number of benzene rings is 2. The Morgan fingerprint density at radius 3 is 2.30 bits per heavy atom. The van der Waals surface area contributed by atoms with E-state index in [1.807, 2.05) is 0 Å². The highest BCUT2D eigenvalue weighted by Gasteiger charge is 2.22. The van der Waals surface area contributed by atoms with Gasteiger partial charge >= 0.3 is 0 Å². The Kier molecular flexibility index (Phi) is 5.88. The summed E-state index contributed by atoms with van der Waals surface area (Å²) in [6, 6.07) is 5.41. The Hall–Kier alpha value is -2.70. The first-order valence-corrected chi connectivity index (χ1v) is 8.79. The molecule has 1 amide bonds. The van der Waals surface area contributed by atoms with Crippen LogP contribution in [-0.4, -0.2) is 19.1 Å². The number of hydrogen-bond donors (Lipinski definition) is 1. The van der Waals surface area contributed by atoms with Gasteiger partial charge in [0, 0.05) is 6.07 Å². The minimum Gasteiger partial charge on any atom is -0.493 e. The molecule has 0 heterocycles. The number of para-hydroxylation sites is 1. The normalized spacial score (nSPS) is 14.7. The van der Waals surface area contributed by atoms with Gasteiger partial charge in [-0.05, 0) is 43.9 Å². The summed E-state index contributed by atoms with van der Waals surface area (Å²) in [5.41, 5.74) is -1.02. The van der Waals surface area contributed by atoms with E-state index in [1.165, 1.54) is 19.2 Å². The van der Waals surface area contributed by atoms with Crippen LogP contribution in [0.1, 0.15) is 42.5 Å². The summed E-state index contributed by atoms with van der Waals surface area (Å²) >= 11 is 0. The number of halogens is 3. The van der Waals surface area contributed by atoms with E-state index in [0.29, 0.717) is 0 Å². The first-order chi connectivity index (χ1) is 13.0. The van der Waals surface area contributed by atoms with E-state index in [9.17, 15) is 18.0 Å². The van der Waals surface area contributed by atoms with E-state index < -0.39 is 29.0 Å². The molecular weight excluding hydrogens is 359 g/mol. The monoisotopic (exact) mass is 379 g/mol. The van der Waals surface area contributed by atoms with Gasteiger partial charge in [-0.3, -0.25) is 4.79 Å². The SMILES string of the molecule is COc1cc(F)c(C(=O)Nc2c(F)cccc2F)cc1OC1CCCCC1. The summed E-state index contributed by atoms with van der Waals surface area (Å²) < 4.78 is 52.9. The highest BCUT2D eigenvalue weighted by molar-refractivity contribution is 6.05. The topological polar surface area (TPSA) is 47.6 Å². The standard InChI is InChI=1S/C20H20F3NO3/c1-26-17-11-16(23)13(10-18(17)27-12-6-3-2-4-7-12)20(25)24-19-14(21)8-5-9-15(19)22/h5,8-12H,2-4,6-7H2,1H3,(H,24,25). The van der Waals surface area contributed by atoms with Crippen molar-refractivity contribution in [1.29, 1.82) is 0 Å². The van der Waals surface area contributed by atoms with Gasteiger partial charge in [-0.1, -0.05) is 12.5 Å². The molecule has 0 unspecified atom stereocenters. The summed E-state index contributed by atoms with van der Waals surface area (Å²) in [4.78, 5) is 12.4. The second-order valence-electron chi connectivity index (χ2n) is 6.41. The smallest absolute Gasteiger partial charge is 0.258 e. The highest BCUT2D eigenvalue weighted by atomic mass is 19.1. The largest absolute Gasteiger partial charge is 0.493 e. The van der Waals surface area contributed by atoms with E-state index in [2.05, 4.69) is 5.32 Å². The molecule has 0 bridgehead atoms.